The first-order valence-electron chi connectivity index (χ1n) is 11.0. The second-order valence-electron chi connectivity index (χ2n) is 8.00. The highest BCUT2D eigenvalue weighted by molar-refractivity contribution is 7.99. The van der Waals surface area contributed by atoms with Crippen molar-refractivity contribution >= 4 is 45.7 Å². The number of ketones is 1. The van der Waals surface area contributed by atoms with Gasteiger partial charge in [0.25, 0.3) is 5.91 Å². The van der Waals surface area contributed by atoms with Gasteiger partial charge >= 0.3 is 0 Å². The lowest BCUT2D eigenvalue weighted by atomic mass is 10.1. The number of ether oxygens (including phenoxy) is 1. The molecule has 0 unspecified atom stereocenters. The maximum absolute atomic E-state index is 12.9. The Balaban J connectivity index is 1.32. The molecular formula is C27H22N4O3S. The fraction of sp³-hybridized carbons (Fsp3) is 0.111. The second-order valence-corrected chi connectivity index (χ2v) is 8.94. The van der Waals surface area contributed by atoms with Crippen LogP contribution in [0.15, 0.2) is 84.0 Å². The van der Waals surface area contributed by atoms with Crippen molar-refractivity contribution in [2.75, 3.05) is 18.2 Å². The molecule has 0 aliphatic carbocycles. The molecule has 7 nitrogen and oxygen atoms in total. The molecule has 5 aromatic rings. The molecule has 0 saturated heterocycles. The summed E-state index contributed by atoms with van der Waals surface area (Å²) in [6, 6.07) is 23.8. The number of methoxy groups -OCH3 is 1. The summed E-state index contributed by atoms with van der Waals surface area (Å²) in [6.07, 6.45) is 0. The molecule has 2 heterocycles. The number of anilines is 1. The monoisotopic (exact) mass is 482 g/mol. The molecule has 5 rings (SSSR count). The number of aryl methyl sites for hydroxylation is 1. The Bertz CT molecular complexity index is 1550. The van der Waals surface area contributed by atoms with Crippen molar-refractivity contribution in [3.8, 4) is 5.75 Å². The molecule has 3 aromatic carbocycles. The number of thioether (sulfide) groups is 1. The van der Waals surface area contributed by atoms with Crippen molar-refractivity contribution < 1.29 is 14.3 Å². The van der Waals surface area contributed by atoms with Crippen LogP contribution in [0.1, 0.15) is 26.3 Å². The first-order valence-corrected chi connectivity index (χ1v) is 12.0. The van der Waals surface area contributed by atoms with Crippen LogP contribution >= 0.6 is 11.8 Å². The van der Waals surface area contributed by atoms with Crippen LogP contribution in [0, 0.1) is 6.92 Å². The van der Waals surface area contributed by atoms with Gasteiger partial charge in [-0.05, 0) is 67.1 Å². The zero-order valence-electron chi connectivity index (χ0n) is 19.2. The number of nitrogens with zero attached hydrogens (tertiary/aromatic N) is 3. The highest BCUT2D eigenvalue weighted by Gasteiger charge is 2.15. The zero-order valence-corrected chi connectivity index (χ0v) is 20.0. The van der Waals surface area contributed by atoms with E-state index in [0.717, 1.165) is 27.9 Å². The van der Waals surface area contributed by atoms with E-state index < -0.39 is 0 Å². The number of amides is 1. The fourth-order valence-corrected chi connectivity index (χ4v) is 4.72. The minimum Gasteiger partial charge on any atom is -0.497 e. The highest BCUT2D eigenvalue weighted by atomic mass is 32.2. The molecule has 0 spiro atoms. The van der Waals surface area contributed by atoms with Crippen molar-refractivity contribution in [3.05, 3.63) is 95.6 Å². The van der Waals surface area contributed by atoms with Crippen molar-refractivity contribution in [3.63, 3.8) is 0 Å². The first kappa shape index (κ1) is 22.6. The standard InChI is InChI=1S/C27H22N4O3S/c1-17-14-25-29-30-27(31(25)23-15-21(34-2)12-13-22(17)23)35-16-24(32)18-8-10-20(11-9-18)28-26(33)19-6-4-3-5-7-19/h3-15H,16H2,1-2H3,(H,28,33). The van der Waals surface area contributed by atoms with Crippen LogP contribution in [0.2, 0.25) is 0 Å². The van der Waals surface area contributed by atoms with E-state index >= 15 is 0 Å². The Hall–Kier alpha value is -4.17. The quantitative estimate of drug-likeness (QED) is 0.246. The molecule has 0 aliphatic rings. The number of hydrogen-bond donors (Lipinski definition) is 1. The van der Waals surface area contributed by atoms with Gasteiger partial charge < -0.3 is 10.1 Å². The van der Waals surface area contributed by atoms with Gasteiger partial charge in [0.1, 0.15) is 5.75 Å². The lowest BCUT2D eigenvalue weighted by Crippen LogP contribution is -2.11. The number of rotatable bonds is 7. The van der Waals surface area contributed by atoms with Crippen LogP contribution in [0.25, 0.3) is 16.6 Å². The normalized spacial score (nSPS) is 11.0. The third kappa shape index (κ3) is 4.61. The van der Waals surface area contributed by atoms with Crippen LogP contribution in [-0.2, 0) is 0 Å². The first-order chi connectivity index (χ1) is 17.0. The van der Waals surface area contributed by atoms with Crippen molar-refractivity contribution in [2.45, 2.75) is 12.1 Å². The number of hydrogen-bond acceptors (Lipinski definition) is 6. The topological polar surface area (TPSA) is 85.6 Å². The van der Waals surface area contributed by atoms with Crippen LogP contribution in [-0.4, -0.2) is 39.2 Å². The number of carbonyl (C=O) groups is 2. The highest BCUT2D eigenvalue weighted by Crippen LogP contribution is 2.29. The fourth-order valence-electron chi connectivity index (χ4n) is 3.87. The largest absolute Gasteiger partial charge is 0.497 e. The SMILES string of the molecule is COc1ccc2c(C)cc3nnc(SCC(=O)c4ccc(NC(=O)c5ccccc5)cc4)n3c2c1. The molecule has 1 N–H and O–H groups in total. The van der Waals surface area contributed by atoms with E-state index in [2.05, 4.69) is 15.5 Å². The molecule has 0 saturated carbocycles. The van der Waals surface area contributed by atoms with Gasteiger partial charge in [0, 0.05) is 28.3 Å². The van der Waals surface area contributed by atoms with E-state index in [1.54, 1.807) is 43.5 Å². The summed E-state index contributed by atoms with van der Waals surface area (Å²) in [5.74, 6) is 0.708. The van der Waals surface area contributed by atoms with Gasteiger partial charge in [-0.1, -0.05) is 30.0 Å². The third-order valence-corrected chi connectivity index (χ3v) is 6.64. The van der Waals surface area contributed by atoms with E-state index in [-0.39, 0.29) is 17.4 Å². The Morgan fingerprint density at radius 2 is 1.71 bits per heavy atom. The minimum atomic E-state index is -0.196. The summed E-state index contributed by atoms with van der Waals surface area (Å²) in [6.45, 7) is 2.03. The van der Waals surface area contributed by atoms with Crippen molar-refractivity contribution in [1.82, 2.24) is 14.6 Å². The van der Waals surface area contributed by atoms with Gasteiger partial charge in [-0.25, -0.2) is 0 Å². The van der Waals surface area contributed by atoms with Gasteiger partial charge in [0.15, 0.2) is 16.6 Å². The molecule has 0 fully saturated rings. The van der Waals surface area contributed by atoms with Crippen LogP contribution in [0.3, 0.4) is 0 Å². The molecule has 0 atom stereocenters. The van der Waals surface area contributed by atoms with E-state index in [1.165, 1.54) is 11.8 Å². The van der Waals surface area contributed by atoms with Crippen LogP contribution < -0.4 is 10.1 Å². The van der Waals surface area contributed by atoms with Gasteiger partial charge in [-0.15, -0.1) is 10.2 Å². The second kappa shape index (κ2) is 9.60. The Morgan fingerprint density at radius 3 is 2.46 bits per heavy atom. The van der Waals surface area contributed by atoms with Crippen molar-refractivity contribution in [1.29, 1.82) is 0 Å². The van der Waals surface area contributed by atoms with Crippen molar-refractivity contribution in [2.24, 2.45) is 0 Å². The Kier molecular flexibility index (Phi) is 6.20. The average molecular weight is 483 g/mol. The lowest BCUT2D eigenvalue weighted by Gasteiger charge is -2.09. The molecule has 35 heavy (non-hydrogen) atoms. The van der Waals surface area contributed by atoms with Gasteiger partial charge in [-0.2, -0.15) is 0 Å². The predicted octanol–water partition coefficient (Wildman–Crippen LogP) is 5.43. The van der Waals surface area contributed by atoms with Crippen LogP contribution in [0.4, 0.5) is 5.69 Å². The number of aromatic nitrogens is 3. The average Bonchev–Trinajstić information content (AvgIpc) is 3.30. The Morgan fingerprint density at radius 1 is 0.943 bits per heavy atom. The minimum absolute atomic E-state index is 0.0401. The summed E-state index contributed by atoms with van der Waals surface area (Å²) in [5, 5.41) is 13.2. The third-order valence-electron chi connectivity index (χ3n) is 5.71. The zero-order chi connectivity index (χ0) is 24.4. The lowest BCUT2D eigenvalue weighted by molar-refractivity contribution is 0.101. The van der Waals surface area contributed by atoms with Gasteiger partial charge in [0.05, 0.1) is 18.4 Å². The molecule has 0 bridgehead atoms. The van der Waals surface area contributed by atoms with E-state index in [4.69, 9.17) is 4.74 Å². The number of carbonyl (C=O) groups excluding carboxylic acids is 2. The summed E-state index contributed by atoms with van der Waals surface area (Å²) in [4.78, 5) is 25.2. The maximum Gasteiger partial charge on any atom is 0.255 e. The van der Waals surface area contributed by atoms with Gasteiger partial charge in [0.2, 0.25) is 0 Å². The summed E-state index contributed by atoms with van der Waals surface area (Å²) < 4.78 is 7.35. The smallest absolute Gasteiger partial charge is 0.255 e. The molecule has 8 heteroatoms. The Labute approximate surface area is 206 Å². The number of fused-ring (bicyclic) bond motifs is 3. The van der Waals surface area contributed by atoms with Crippen LogP contribution in [0.5, 0.6) is 5.75 Å². The molecule has 174 valence electrons. The van der Waals surface area contributed by atoms with E-state index in [1.807, 2.05) is 53.8 Å². The molecule has 1 amide bonds. The molecule has 0 radical (unpaired) electrons. The summed E-state index contributed by atoms with van der Waals surface area (Å²) in [7, 11) is 1.63. The molecular weight excluding hydrogens is 460 g/mol. The summed E-state index contributed by atoms with van der Waals surface area (Å²) >= 11 is 1.34. The van der Waals surface area contributed by atoms with E-state index in [9.17, 15) is 9.59 Å². The predicted molar refractivity (Wildman–Crippen MR) is 138 cm³/mol. The number of Topliss-reactive ketones (excluding diaryl/α,β-unsaturated/α-hetero) is 1. The van der Waals surface area contributed by atoms with Gasteiger partial charge in [-0.3, -0.25) is 14.0 Å². The maximum atomic E-state index is 12.9. The number of pyridine rings is 1. The molecule has 0 aliphatic heterocycles. The number of benzene rings is 3. The molecule has 2 aromatic heterocycles. The van der Waals surface area contributed by atoms with E-state index in [0.29, 0.717) is 22.0 Å². The summed E-state index contributed by atoms with van der Waals surface area (Å²) in [5.41, 5.74) is 4.50. The number of nitrogens with one attached hydrogen (secondary N) is 1.